The second kappa shape index (κ2) is 5.36. The Kier molecular flexibility index (Phi) is 3.81. The normalized spacial score (nSPS) is 12.4. The molecule has 0 saturated carbocycles. The van der Waals surface area contributed by atoms with Gasteiger partial charge in [0, 0.05) is 25.2 Å². The first-order valence-corrected chi connectivity index (χ1v) is 6.30. The Bertz CT molecular complexity index is 601. The summed E-state index contributed by atoms with van der Waals surface area (Å²) in [6.07, 6.45) is 3.78. The Morgan fingerprint density at radius 3 is 2.68 bits per heavy atom. The summed E-state index contributed by atoms with van der Waals surface area (Å²) < 4.78 is 1.65. The van der Waals surface area contributed by atoms with E-state index in [-0.39, 0.29) is 5.78 Å². The molecule has 1 atom stereocenters. The fraction of sp³-hybridized carbons (Fsp3) is 0.333. The first-order chi connectivity index (χ1) is 8.97. The van der Waals surface area contributed by atoms with Gasteiger partial charge >= 0.3 is 0 Å². The number of ketones is 1. The average molecular weight is 257 g/mol. The van der Waals surface area contributed by atoms with Gasteiger partial charge < -0.3 is 5.73 Å². The third-order valence-corrected chi connectivity index (χ3v) is 3.38. The van der Waals surface area contributed by atoms with Crippen molar-refractivity contribution in [1.82, 2.24) is 9.78 Å². The molecule has 0 bridgehead atoms. The van der Waals surface area contributed by atoms with Crippen LogP contribution in [0.15, 0.2) is 30.6 Å². The van der Waals surface area contributed by atoms with E-state index in [2.05, 4.69) is 12.0 Å². The van der Waals surface area contributed by atoms with Gasteiger partial charge in [0.2, 0.25) is 0 Å². The number of aryl methyl sites for hydroxylation is 3. The van der Waals surface area contributed by atoms with Crippen molar-refractivity contribution in [1.29, 1.82) is 0 Å². The molecule has 0 amide bonds. The third-order valence-electron chi connectivity index (χ3n) is 3.38. The Hall–Kier alpha value is -1.94. The molecule has 1 unspecified atom stereocenters. The summed E-state index contributed by atoms with van der Waals surface area (Å²) in [6, 6.07) is 5.46. The molecular formula is C15H19N3O. The zero-order valence-electron chi connectivity index (χ0n) is 11.6. The Labute approximate surface area is 113 Å². The smallest absolute Gasteiger partial charge is 0.158 e. The number of rotatable bonds is 4. The maximum Gasteiger partial charge on any atom is 0.158 e. The SMILES string of the molecule is Cc1ccc(CC(=O)C(N)c2cnn(C)c2)cc1C. The summed E-state index contributed by atoms with van der Waals surface area (Å²) in [5, 5.41) is 4.04. The van der Waals surface area contributed by atoms with Gasteiger partial charge in [0.25, 0.3) is 0 Å². The second-order valence-electron chi connectivity index (χ2n) is 4.99. The van der Waals surface area contributed by atoms with E-state index in [4.69, 9.17) is 5.73 Å². The highest BCUT2D eigenvalue weighted by molar-refractivity contribution is 5.86. The van der Waals surface area contributed by atoms with Crippen LogP contribution in [0, 0.1) is 13.8 Å². The van der Waals surface area contributed by atoms with Gasteiger partial charge in [-0.1, -0.05) is 18.2 Å². The Balaban J connectivity index is 2.10. The lowest BCUT2D eigenvalue weighted by Gasteiger charge is -2.09. The van der Waals surface area contributed by atoms with Gasteiger partial charge in [-0.15, -0.1) is 0 Å². The number of aromatic nitrogens is 2. The molecule has 1 heterocycles. The highest BCUT2D eigenvalue weighted by Crippen LogP contribution is 2.15. The van der Waals surface area contributed by atoms with Crippen LogP contribution in [0.5, 0.6) is 0 Å². The number of nitrogens with zero attached hydrogens (tertiary/aromatic N) is 2. The van der Waals surface area contributed by atoms with Crippen molar-refractivity contribution in [3.05, 3.63) is 52.8 Å². The summed E-state index contributed by atoms with van der Waals surface area (Å²) in [5.41, 5.74) is 10.2. The van der Waals surface area contributed by atoms with E-state index in [1.54, 1.807) is 17.1 Å². The molecule has 2 aromatic rings. The standard InChI is InChI=1S/C15H19N3O/c1-10-4-5-12(6-11(10)2)7-14(19)15(16)13-8-17-18(3)9-13/h4-6,8-9,15H,7,16H2,1-3H3. The fourth-order valence-electron chi connectivity index (χ4n) is 2.01. The molecule has 4 heteroatoms. The van der Waals surface area contributed by atoms with Crippen LogP contribution in [0.3, 0.4) is 0 Å². The Morgan fingerprint density at radius 2 is 2.11 bits per heavy atom. The topological polar surface area (TPSA) is 60.9 Å². The third kappa shape index (κ3) is 3.09. The first kappa shape index (κ1) is 13.5. The van der Waals surface area contributed by atoms with Gasteiger partial charge in [0.15, 0.2) is 5.78 Å². The van der Waals surface area contributed by atoms with Crippen LogP contribution >= 0.6 is 0 Å². The van der Waals surface area contributed by atoms with Crippen LogP contribution in [-0.4, -0.2) is 15.6 Å². The molecule has 1 aromatic carbocycles. The number of carbonyl (C=O) groups is 1. The van der Waals surface area contributed by atoms with E-state index in [0.29, 0.717) is 6.42 Å². The molecule has 0 fully saturated rings. The summed E-state index contributed by atoms with van der Waals surface area (Å²) in [5.74, 6) is 0.0104. The zero-order valence-corrected chi connectivity index (χ0v) is 11.6. The fourth-order valence-corrected chi connectivity index (χ4v) is 2.01. The highest BCUT2D eigenvalue weighted by atomic mass is 16.1. The van der Waals surface area contributed by atoms with Crippen LogP contribution in [0.1, 0.15) is 28.3 Å². The molecular weight excluding hydrogens is 238 g/mol. The van der Waals surface area contributed by atoms with E-state index in [9.17, 15) is 4.79 Å². The van der Waals surface area contributed by atoms with Gasteiger partial charge in [-0.2, -0.15) is 5.10 Å². The number of hydrogen-bond acceptors (Lipinski definition) is 3. The lowest BCUT2D eigenvalue weighted by atomic mass is 9.98. The molecule has 0 saturated heterocycles. The number of hydrogen-bond donors (Lipinski definition) is 1. The van der Waals surface area contributed by atoms with E-state index in [0.717, 1.165) is 11.1 Å². The lowest BCUT2D eigenvalue weighted by molar-refractivity contribution is -0.119. The lowest BCUT2D eigenvalue weighted by Crippen LogP contribution is -2.22. The minimum Gasteiger partial charge on any atom is -0.318 e. The van der Waals surface area contributed by atoms with Crippen molar-refractivity contribution in [3.8, 4) is 0 Å². The number of benzene rings is 1. The van der Waals surface area contributed by atoms with E-state index >= 15 is 0 Å². The van der Waals surface area contributed by atoms with E-state index < -0.39 is 6.04 Å². The van der Waals surface area contributed by atoms with Gasteiger partial charge in [-0.05, 0) is 30.5 Å². The number of carbonyl (C=O) groups excluding carboxylic acids is 1. The van der Waals surface area contributed by atoms with Crippen molar-refractivity contribution in [3.63, 3.8) is 0 Å². The average Bonchev–Trinajstić information content (AvgIpc) is 2.79. The van der Waals surface area contributed by atoms with Gasteiger partial charge in [-0.25, -0.2) is 0 Å². The summed E-state index contributed by atoms with van der Waals surface area (Å²) in [4.78, 5) is 12.2. The predicted octanol–water partition coefficient (Wildman–Crippen LogP) is 1.85. The first-order valence-electron chi connectivity index (χ1n) is 6.30. The minimum atomic E-state index is -0.602. The monoisotopic (exact) mass is 257 g/mol. The van der Waals surface area contributed by atoms with Crippen LogP contribution in [0.2, 0.25) is 0 Å². The molecule has 0 aliphatic heterocycles. The van der Waals surface area contributed by atoms with Crippen molar-refractivity contribution in [2.24, 2.45) is 12.8 Å². The van der Waals surface area contributed by atoms with Crippen molar-refractivity contribution in [2.45, 2.75) is 26.3 Å². The largest absolute Gasteiger partial charge is 0.318 e. The molecule has 2 N–H and O–H groups in total. The molecule has 4 nitrogen and oxygen atoms in total. The maximum atomic E-state index is 12.2. The summed E-state index contributed by atoms with van der Waals surface area (Å²) >= 11 is 0. The van der Waals surface area contributed by atoms with Gasteiger partial charge in [0.05, 0.1) is 12.2 Å². The summed E-state index contributed by atoms with van der Waals surface area (Å²) in [7, 11) is 1.81. The molecule has 0 radical (unpaired) electrons. The van der Waals surface area contributed by atoms with Crippen LogP contribution in [0.4, 0.5) is 0 Å². The molecule has 19 heavy (non-hydrogen) atoms. The molecule has 0 aliphatic rings. The molecule has 1 aromatic heterocycles. The van der Waals surface area contributed by atoms with Crippen molar-refractivity contribution >= 4 is 5.78 Å². The molecule has 0 spiro atoms. The van der Waals surface area contributed by atoms with Gasteiger partial charge in [-0.3, -0.25) is 9.48 Å². The Morgan fingerprint density at radius 1 is 1.37 bits per heavy atom. The van der Waals surface area contributed by atoms with Gasteiger partial charge in [0.1, 0.15) is 0 Å². The minimum absolute atomic E-state index is 0.0104. The number of nitrogens with two attached hydrogens (primary N) is 1. The molecule has 100 valence electrons. The van der Waals surface area contributed by atoms with Crippen LogP contribution < -0.4 is 5.73 Å². The maximum absolute atomic E-state index is 12.2. The van der Waals surface area contributed by atoms with Crippen molar-refractivity contribution in [2.75, 3.05) is 0 Å². The second-order valence-corrected chi connectivity index (χ2v) is 4.99. The van der Waals surface area contributed by atoms with E-state index in [1.807, 2.05) is 32.2 Å². The number of Topliss-reactive ketones (excluding diaryl/α,β-unsaturated/α-hetero) is 1. The van der Waals surface area contributed by atoms with E-state index in [1.165, 1.54) is 11.1 Å². The predicted molar refractivity (Wildman–Crippen MR) is 74.8 cm³/mol. The quantitative estimate of drug-likeness (QED) is 0.909. The zero-order chi connectivity index (χ0) is 14.0. The molecule has 0 aliphatic carbocycles. The van der Waals surface area contributed by atoms with Crippen LogP contribution in [-0.2, 0) is 18.3 Å². The summed E-state index contributed by atoms with van der Waals surface area (Å²) in [6.45, 7) is 4.10. The van der Waals surface area contributed by atoms with Crippen molar-refractivity contribution < 1.29 is 4.79 Å². The highest BCUT2D eigenvalue weighted by Gasteiger charge is 2.17. The van der Waals surface area contributed by atoms with Crippen LogP contribution in [0.25, 0.3) is 0 Å². The molecule has 2 rings (SSSR count).